The fourth-order valence-electron chi connectivity index (χ4n) is 4.17. The van der Waals surface area contributed by atoms with Crippen molar-refractivity contribution in [3.63, 3.8) is 0 Å². The highest BCUT2D eigenvalue weighted by Gasteiger charge is 2.39. The Morgan fingerprint density at radius 1 is 1.18 bits per heavy atom. The van der Waals surface area contributed by atoms with Gasteiger partial charge in [-0.25, -0.2) is 0 Å². The van der Waals surface area contributed by atoms with E-state index in [0.29, 0.717) is 24.2 Å². The number of hydrogen-bond acceptors (Lipinski definition) is 5. The first-order valence-electron chi connectivity index (χ1n) is 10.6. The van der Waals surface area contributed by atoms with Crippen molar-refractivity contribution >= 4 is 17.7 Å². The van der Waals surface area contributed by atoms with Gasteiger partial charge < -0.3 is 9.80 Å². The molecule has 0 saturated carbocycles. The summed E-state index contributed by atoms with van der Waals surface area (Å²) in [5, 5.41) is 2.28. The lowest BCUT2D eigenvalue weighted by Gasteiger charge is -2.29. The zero-order valence-corrected chi connectivity index (χ0v) is 18.0. The molecule has 0 aliphatic carbocycles. The highest BCUT2D eigenvalue weighted by molar-refractivity contribution is 6.05. The van der Waals surface area contributed by atoms with Crippen LogP contribution in [0.1, 0.15) is 40.7 Å². The summed E-state index contributed by atoms with van der Waals surface area (Å²) in [6.45, 7) is 0.505. The Bertz CT molecular complexity index is 1100. The standard InChI is InChI=1S/C23H23F3N4O3/c1-29(9-7-23(24,25)26)12-14-6-8-27-18(10-14)15-2-3-17-16(11-15)13-30(22(17)33)19-4-5-20(31)28-21(19)32/h2-3,6,8,10-11,19H,4-5,7,9,12-13H2,1H3,(H,28,31,32). The number of carbonyl (C=O) groups is 3. The molecule has 10 heteroatoms. The number of fused-ring (bicyclic) bond motifs is 1. The van der Waals surface area contributed by atoms with Crippen LogP contribution < -0.4 is 5.32 Å². The number of alkyl halides is 3. The zero-order chi connectivity index (χ0) is 23.8. The molecule has 0 spiro atoms. The SMILES string of the molecule is CN(CCC(F)(F)F)Cc1ccnc(-c2ccc3c(c2)CN(C2CCC(=O)NC2=O)C3=O)c1. The monoisotopic (exact) mass is 460 g/mol. The van der Waals surface area contributed by atoms with Crippen molar-refractivity contribution in [3.05, 3.63) is 53.2 Å². The Balaban J connectivity index is 1.48. The van der Waals surface area contributed by atoms with Crippen LogP contribution in [0.2, 0.25) is 0 Å². The summed E-state index contributed by atoms with van der Waals surface area (Å²) in [5.74, 6) is -1.05. The number of hydrogen-bond donors (Lipinski definition) is 1. The van der Waals surface area contributed by atoms with Gasteiger partial charge in [0.15, 0.2) is 0 Å². The molecule has 0 radical (unpaired) electrons. The van der Waals surface area contributed by atoms with Crippen molar-refractivity contribution in [2.75, 3.05) is 13.6 Å². The Hall–Kier alpha value is -3.27. The van der Waals surface area contributed by atoms with E-state index in [1.54, 1.807) is 36.3 Å². The van der Waals surface area contributed by atoms with Crippen LogP contribution in [-0.2, 0) is 22.7 Å². The van der Waals surface area contributed by atoms with Gasteiger partial charge in [0.05, 0.1) is 12.1 Å². The van der Waals surface area contributed by atoms with E-state index in [1.807, 2.05) is 12.1 Å². The summed E-state index contributed by atoms with van der Waals surface area (Å²) >= 11 is 0. The number of piperidine rings is 1. The molecular weight excluding hydrogens is 437 g/mol. The van der Waals surface area contributed by atoms with Gasteiger partial charge in [0, 0.05) is 43.4 Å². The number of nitrogens with zero attached hydrogens (tertiary/aromatic N) is 3. The topological polar surface area (TPSA) is 82.6 Å². The first kappa shape index (κ1) is 22.9. The number of pyridine rings is 1. The molecule has 3 heterocycles. The molecular formula is C23H23F3N4O3. The summed E-state index contributed by atoms with van der Waals surface area (Å²) in [7, 11) is 1.64. The van der Waals surface area contributed by atoms with E-state index in [-0.39, 0.29) is 31.3 Å². The minimum absolute atomic E-state index is 0.0989. The molecule has 0 bridgehead atoms. The molecule has 1 aromatic heterocycles. The fourth-order valence-corrected chi connectivity index (χ4v) is 4.17. The molecule has 1 aromatic carbocycles. The summed E-state index contributed by atoms with van der Waals surface area (Å²) in [6.07, 6.45) is -2.97. The Morgan fingerprint density at radius 2 is 1.97 bits per heavy atom. The molecule has 2 aliphatic rings. The van der Waals surface area contributed by atoms with E-state index in [9.17, 15) is 27.6 Å². The highest BCUT2D eigenvalue weighted by atomic mass is 19.4. The van der Waals surface area contributed by atoms with Crippen molar-refractivity contribution in [1.29, 1.82) is 0 Å². The summed E-state index contributed by atoms with van der Waals surface area (Å²) in [6, 6.07) is 8.21. The number of carbonyl (C=O) groups excluding carboxylic acids is 3. The third-order valence-corrected chi connectivity index (χ3v) is 5.87. The van der Waals surface area contributed by atoms with E-state index >= 15 is 0 Å². The van der Waals surface area contributed by atoms with Gasteiger partial charge in [-0.1, -0.05) is 6.07 Å². The molecule has 174 valence electrons. The van der Waals surface area contributed by atoms with Crippen LogP contribution in [0.4, 0.5) is 13.2 Å². The number of amides is 3. The maximum atomic E-state index is 12.8. The van der Waals surface area contributed by atoms with Gasteiger partial charge in [0.2, 0.25) is 11.8 Å². The lowest BCUT2D eigenvalue weighted by atomic mass is 10.0. The molecule has 2 aliphatic heterocycles. The maximum Gasteiger partial charge on any atom is 0.390 e. The number of halogens is 3. The van der Waals surface area contributed by atoms with Crippen molar-refractivity contribution in [2.45, 2.75) is 44.6 Å². The number of imide groups is 1. The number of nitrogens with one attached hydrogen (secondary N) is 1. The quantitative estimate of drug-likeness (QED) is 0.671. The predicted octanol–water partition coefficient (Wildman–Crippen LogP) is 2.89. The van der Waals surface area contributed by atoms with Crippen LogP contribution in [0.5, 0.6) is 0 Å². The van der Waals surface area contributed by atoms with Crippen LogP contribution in [-0.4, -0.2) is 58.3 Å². The molecule has 7 nitrogen and oxygen atoms in total. The van der Waals surface area contributed by atoms with Crippen LogP contribution in [0.3, 0.4) is 0 Å². The highest BCUT2D eigenvalue weighted by Crippen LogP contribution is 2.31. The average Bonchev–Trinajstić information content (AvgIpc) is 3.08. The number of rotatable bonds is 6. The zero-order valence-electron chi connectivity index (χ0n) is 18.0. The van der Waals surface area contributed by atoms with Gasteiger partial charge in [0.1, 0.15) is 6.04 Å². The van der Waals surface area contributed by atoms with Crippen molar-refractivity contribution in [3.8, 4) is 11.3 Å². The molecule has 3 amide bonds. The van der Waals surface area contributed by atoms with E-state index in [0.717, 1.165) is 16.7 Å². The normalized spacial score (nSPS) is 18.6. The molecule has 2 aromatic rings. The van der Waals surface area contributed by atoms with Gasteiger partial charge in [0.25, 0.3) is 5.91 Å². The minimum atomic E-state index is -4.19. The smallest absolute Gasteiger partial charge is 0.322 e. The maximum absolute atomic E-state index is 12.8. The predicted molar refractivity (Wildman–Crippen MR) is 113 cm³/mol. The van der Waals surface area contributed by atoms with E-state index in [1.165, 1.54) is 4.90 Å². The van der Waals surface area contributed by atoms with Crippen LogP contribution in [0.15, 0.2) is 36.5 Å². The van der Waals surface area contributed by atoms with Crippen LogP contribution in [0, 0.1) is 0 Å². The van der Waals surface area contributed by atoms with Crippen LogP contribution >= 0.6 is 0 Å². The number of benzene rings is 1. The molecule has 33 heavy (non-hydrogen) atoms. The molecule has 1 N–H and O–H groups in total. The Labute approximate surface area is 188 Å². The fraction of sp³-hybridized carbons (Fsp3) is 0.391. The Kier molecular flexibility index (Phi) is 6.20. The first-order chi connectivity index (χ1) is 15.6. The molecule has 1 saturated heterocycles. The second-order valence-electron chi connectivity index (χ2n) is 8.42. The summed E-state index contributed by atoms with van der Waals surface area (Å²) in [4.78, 5) is 43.9. The average molecular weight is 460 g/mol. The first-order valence-corrected chi connectivity index (χ1v) is 10.6. The van der Waals surface area contributed by atoms with Gasteiger partial charge in [-0.3, -0.25) is 24.7 Å². The second-order valence-corrected chi connectivity index (χ2v) is 8.42. The number of aromatic nitrogens is 1. The Morgan fingerprint density at radius 3 is 2.70 bits per heavy atom. The summed E-state index contributed by atoms with van der Waals surface area (Å²) in [5.41, 5.74) is 3.51. The van der Waals surface area contributed by atoms with E-state index in [2.05, 4.69) is 10.3 Å². The third-order valence-electron chi connectivity index (χ3n) is 5.87. The van der Waals surface area contributed by atoms with Crippen LogP contribution in [0.25, 0.3) is 11.3 Å². The van der Waals surface area contributed by atoms with Gasteiger partial charge in [-0.2, -0.15) is 13.2 Å². The van der Waals surface area contributed by atoms with Crippen molar-refractivity contribution < 1.29 is 27.6 Å². The van der Waals surface area contributed by atoms with E-state index in [4.69, 9.17) is 0 Å². The minimum Gasteiger partial charge on any atom is -0.322 e. The van der Waals surface area contributed by atoms with Crippen molar-refractivity contribution in [1.82, 2.24) is 20.1 Å². The van der Waals surface area contributed by atoms with E-state index < -0.39 is 24.5 Å². The molecule has 4 rings (SSSR count). The largest absolute Gasteiger partial charge is 0.390 e. The molecule has 1 fully saturated rings. The lowest BCUT2D eigenvalue weighted by molar-refractivity contribution is -0.138. The summed E-state index contributed by atoms with van der Waals surface area (Å²) < 4.78 is 37.4. The molecule has 1 atom stereocenters. The molecule has 1 unspecified atom stereocenters. The third kappa shape index (κ3) is 5.22. The van der Waals surface area contributed by atoms with Gasteiger partial charge in [-0.05, 0) is 48.9 Å². The van der Waals surface area contributed by atoms with Gasteiger partial charge >= 0.3 is 6.18 Å². The van der Waals surface area contributed by atoms with Crippen molar-refractivity contribution in [2.24, 2.45) is 0 Å². The lowest BCUT2D eigenvalue weighted by Crippen LogP contribution is -2.52. The van der Waals surface area contributed by atoms with Gasteiger partial charge in [-0.15, -0.1) is 0 Å². The second kappa shape index (κ2) is 8.93.